The molecule has 0 saturated carbocycles. The molecule has 12 heteroatoms. The summed E-state index contributed by atoms with van der Waals surface area (Å²) in [5.41, 5.74) is 0. The number of esters is 3. The standard InChI is InChI=1S/C67H108O12/c1-4-7-10-13-16-19-22-24-26-28-30-32-34-36-39-41-44-47-50-53-59(68)75-56-58(77-60(69)54-51-48-45-42-38-21-18-15-12-9-6-3)57-76-67-65(63(72)62(71)64(79-67)66(73)74)78-61(70)55-52-49-46-43-40-37-35-33-31-29-27-25-23-20-17-14-11-8-5-2/h7,10,15-20,24-27,30,32,36,39,44,47,58,62-65,67,71-72H,4-6,8-9,11-14,21-23,28-29,31,33-35,37-38,40-43,45-46,48-57H2,1-3H3,(H,73,74)/b10-7-,18-15-,19-16-,20-17-,26-24-,27-25-,32-30-,39-36-,47-44-. The summed E-state index contributed by atoms with van der Waals surface area (Å²) in [5, 5.41) is 31.5. The number of carbonyl (C=O) groups excluding carboxylic acids is 3. The maximum atomic E-state index is 13.1. The lowest BCUT2D eigenvalue weighted by atomic mass is 9.98. The molecule has 6 atom stereocenters. The first-order valence-corrected chi connectivity index (χ1v) is 30.9. The van der Waals surface area contributed by atoms with Gasteiger partial charge in [-0.25, -0.2) is 4.79 Å². The van der Waals surface area contributed by atoms with Crippen LogP contribution in [0, 0.1) is 0 Å². The van der Waals surface area contributed by atoms with Crippen LogP contribution in [-0.4, -0.2) is 89.2 Å². The van der Waals surface area contributed by atoms with Gasteiger partial charge < -0.3 is 39.0 Å². The molecule has 1 heterocycles. The highest BCUT2D eigenvalue weighted by Gasteiger charge is 2.50. The monoisotopic (exact) mass is 1100 g/mol. The van der Waals surface area contributed by atoms with Crippen LogP contribution in [0.5, 0.6) is 0 Å². The molecule has 6 unspecified atom stereocenters. The van der Waals surface area contributed by atoms with Crippen molar-refractivity contribution in [2.45, 2.75) is 276 Å². The molecule has 1 aliphatic rings. The van der Waals surface area contributed by atoms with E-state index in [0.29, 0.717) is 19.3 Å². The molecule has 0 amide bonds. The molecule has 448 valence electrons. The summed E-state index contributed by atoms with van der Waals surface area (Å²) in [6.07, 6.45) is 60.7. The molecule has 3 N–H and O–H groups in total. The van der Waals surface area contributed by atoms with Gasteiger partial charge in [-0.1, -0.05) is 220 Å². The second kappa shape index (κ2) is 54.0. The zero-order valence-electron chi connectivity index (χ0n) is 49.3. The van der Waals surface area contributed by atoms with Crippen molar-refractivity contribution in [3.63, 3.8) is 0 Å². The van der Waals surface area contributed by atoms with Crippen molar-refractivity contribution in [1.29, 1.82) is 0 Å². The number of rotatable bonds is 51. The number of carboxylic acid groups (broad SMARTS) is 1. The van der Waals surface area contributed by atoms with E-state index in [2.05, 4.69) is 118 Å². The normalized spacial score (nSPS) is 18.6. The third kappa shape index (κ3) is 43.8. The number of carboxylic acids is 1. The highest BCUT2D eigenvalue weighted by molar-refractivity contribution is 5.74. The molecule has 0 aromatic heterocycles. The smallest absolute Gasteiger partial charge is 0.335 e. The highest BCUT2D eigenvalue weighted by Crippen LogP contribution is 2.26. The van der Waals surface area contributed by atoms with E-state index in [1.165, 1.54) is 64.2 Å². The van der Waals surface area contributed by atoms with Crippen molar-refractivity contribution in [2.24, 2.45) is 0 Å². The van der Waals surface area contributed by atoms with E-state index >= 15 is 0 Å². The summed E-state index contributed by atoms with van der Waals surface area (Å²) in [6.45, 7) is 5.74. The van der Waals surface area contributed by atoms with Gasteiger partial charge in [-0.05, 0) is 109 Å². The van der Waals surface area contributed by atoms with E-state index in [-0.39, 0.29) is 25.9 Å². The SMILES string of the molecule is CC/C=C\C/C=C\C/C=C\C/C=C\C/C=C\C/C=C\CCC(=O)OCC(COC1OC(C(=O)O)C(O)C(O)C1OC(=O)CCCCCCCCCCC/C=C\C/C=C\CCCCC)OC(=O)CCCCCCC/C=C\CCCC. The Hall–Kier alpha value is -4.62. The maximum Gasteiger partial charge on any atom is 0.335 e. The number of ether oxygens (including phenoxy) is 5. The summed E-state index contributed by atoms with van der Waals surface area (Å²) in [7, 11) is 0. The largest absolute Gasteiger partial charge is 0.479 e. The van der Waals surface area contributed by atoms with Crippen LogP contribution in [0.3, 0.4) is 0 Å². The third-order valence-electron chi connectivity index (χ3n) is 13.3. The van der Waals surface area contributed by atoms with Gasteiger partial charge >= 0.3 is 23.9 Å². The van der Waals surface area contributed by atoms with Gasteiger partial charge in [-0.3, -0.25) is 14.4 Å². The van der Waals surface area contributed by atoms with E-state index in [1.54, 1.807) is 0 Å². The Kier molecular flexibility index (Phi) is 49.5. The summed E-state index contributed by atoms with van der Waals surface area (Å²) < 4.78 is 28.3. The summed E-state index contributed by atoms with van der Waals surface area (Å²) in [5.74, 6) is -3.26. The lowest BCUT2D eigenvalue weighted by molar-refractivity contribution is -0.301. The second-order valence-electron chi connectivity index (χ2n) is 20.6. The van der Waals surface area contributed by atoms with Crippen LogP contribution in [0.15, 0.2) is 109 Å². The zero-order valence-corrected chi connectivity index (χ0v) is 49.3. The van der Waals surface area contributed by atoms with Crippen LogP contribution < -0.4 is 0 Å². The van der Waals surface area contributed by atoms with Crippen molar-refractivity contribution in [3.05, 3.63) is 109 Å². The number of hydrogen-bond donors (Lipinski definition) is 3. The number of carbonyl (C=O) groups is 4. The fourth-order valence-electron chi connectivity index (χ4n) is 8.58. The van der Waals surface area contributed by atoms with Crippen molar-refractivity contribution in [2.75, 3.05) is 13.2 Å². The average molecular weight is 1110 g/mol. The summed E-state index contributed by atoms with van der Waals surface area (Å²) in [4.78, 5) is 51.1. The predicted octanol–water partition coefficient (Wildman–Crippen LogP) is 16.2. The van der Waals surface area contributed by atoms with Gasteiger partial charge in [0.05, 0.1) is 6.61 Å². The van der Waals surface area contributed by atoms with E-state index in [4.69, 9.17) is 23.7 Å². The molecule has 0 aromatic carbocycles. The van der Waals surface area contributed by atoms with Crippen molar-refractivity contribution in [3.8, 4) is 0 Å². The van der Waals surface area contributed by atoms with Gasteiger partial charge in [0.1, 0.15) is 18.8 Å². The zero-order chi connectivity index (χ0) is 57.5. The topological polar surface area (TPSA) is 175 Å². The maximum absolute atomic E-state index is 13.1. The first-order chi connectivity index (χ1) is 38.6. The van der Waals surface area contributed by atoms with E-state index in [9.17, 15) is 34.5 Å². The van der Waals surface area contributed by atoms with Gasteiger partial charge in [-0.15, -0.1) is 0 Å². The Balaban J connectivity index is 2.69. The van der Waals surface area contributed by atoms with Crippen LogP contribution in [0.1, 0.15) is 239 Å². The van der Waals surface area contributed by atoms with Crippen molar-refractivity contribution >= 4 is 23.9 Å². The molecule has 0 radical (unpaired) electrons. The van der Waals surface area contributed by atoms with Gasteiger partial charge in [0.2, 0.25) is 0 Å². The van der Waals surface area contributed by atoms with E-state index in [1.807, 2.05) is 12.2 Å². The Bertz CT molecular complexity index is 1790. The number of aliphatic hydroxyl groups is 2. The first kappa shape index (κ1) is 72.4. The van der Waals surface area contributed by atoms with Gasteiger partial charge in [0, 0.05) is 19.3 Å². The summed E-state index contributed by atoms with van der Waals surface area (Å²) in [6, 6.07) is 0. The van der Waals surface area contributed by atoms with Gasteiger partial charge in [0.15, 0.2) is 24.6 Å². The molecule has 12 nitrogen and oxygen atoms in total. The molecule has 0 bridgehead atoms. The number of aliphatic carboxylic acids is 1. The Morgan fingerprint density at radius 1 is 0.430 bits per heavy atom. The molecule has 1 fully saturated rings. The van der Waals surface area contributed by atoms with Crippen LogP contribution >= 0.6 is 0 Å². The van der Waals surface area contributed by atoms with E-state index in [0.717, 1.165) is 116 Å². The first-order valence-electron chi connectivity index (χ1n) is 30.9. The van der Waals surface area contributed by atoms with Gasteiger partial charge in [0.25, 0.3) is 0 Å². The number of hydrogen-bond acceptors (Lipinski definition) is 11. The van der Waals surface area contributed by atoms with E-state index < -0.39 is 67.3 Å². The van der Waals surface area contributed by atoms with Crippen LogP contribution in [0.25, 0.3) is 0 Å². The minimum absolute atomic E-state index is 0.0431. The Morgan fingerprint density at radius 2 is 0.835 bits per heavy atom. The molecule has 0 aliphatic carbocycles. The molecule has 79 heavy (non-hydrogen) atoms. The van der Waals surface area contributed by atoms with Crippen LogP contribution in [0.2, 0.25) is 0 Å². The number of unbranched alkanes of at least 4 members (excludes halogenated alkanes) is 19. The molecule has 1 aliphatic heterocycles. The lowest BCUT2D eigenvalue weighted by Crippen LogP contribution is -2.61. The quantitative estimate of drug-likeness (QED) is 0.0228. The molecule has 0 spiro atoms. The van der Waals surface area contributed by atoms with Crippen molar-refractivity contribution < 1.29 is 58.2 Å². The molecular formula is C67H108O12. The number of allylic oxidation sites excluding steroid dienone is 18. The average Bonchev–Trinajstić information content (AvgIpc) is 3.48. The minimum atomic E-state index is -1.92. The van der Waals surface area contributed by atoms with Gasteiger partial charge in [-0.2, -0.15) is 0 Å². The molecular weight excluding hydrogens is 997 g/mol. The minimum Gasteiger partial charge on any atom is -0.479 e. The fourth-order valence-corrected chi connectivity index (χ4v) is 8.58. The second-order valence-corrected chi connectivity index (χ2v) is 20.6. The molecule has 0 aromatic rings. The lowest BCUT2D eigenvalue weighted by Gasteiger charge is -2.40. The molecule has 1 rings (SSSR count). The van der Waals surface area contributed by atoms with Crippen LogP contribution in [0.4, 0.5) is 0 Å². The Morgan fingerprint density at radius 3 is 1.32 bits per heavy atom. The summed E-state index contributed by atoms with van der Waals surface area (Å²) >= 11 is 0. The van der Waals surface area contributed by atoms with Crippen molar-refractivity contribution in [1.82, 2.24) is 0 Å². The third-order valence-corrected chi connectivity index (χ3v) is 13.3. The van der Waals surface area contributed by atoms with Crippen LogP contribution in [-0.2, 0) is 42.9 Å². The fraction of sp³-hybridized carbons (Fsp3) is 0.672. The predicted molar refractivity (Wildman–Crippen MR) is 321 cm³/mol. The number of aliphatic hydroxyl groups excluding tert-OH is 2. The molecule has 1 saturated heterocycles. The Labute approximate surface area is 478 Å². The highest BCUT2D eigenvalue weighted by atomic mass is 16.7.